The Labute approximate surface area is 77.8 Å². The molecule has 0 heterocycles. The molecule has 1 amide bonds. The summed E-state index contributed by atoms with van der Waals surface area (Å²) in [6.45, 7) is 8.71. The fraction of sp³-hybridized carbons (Fsp3) is 0.200. The van der Waals surface area contributed by atoms with Crippen molar-refractivity contribution in [3.63, 3.8) is 0 Å². The Kier molecular flexibility index (Phi) is 5.19. The molecule has 0 radical (unpaired) electrons. The molecule has 70 valence electrons. The normalized spacial score (nSPS) is 10.4. The van der Waals surface area contributed by atoms with Crippen molar-refractivity contribution in [3.05, 3.63) is 37.0 Å². The van der Waals surface area contributed by atoms with E-state index in [0.717, 1.165) is 6.08 Å². The number of ketones is 1. The molecule has 0 aromatic heterocycles. The Morgan fingerprint density at radius 1 is 1.38 bits per heavy atom. The van der Waals surface area contributed by atoms with Crippen LogP contribution in [0, 0.1) is 0 Å². The van der Waals surface area contributed by atoms with E-state index >= 15 is 0 Å². The van der Waals surface area contributed by atoms with Crippen LogP contribution < -0.4 is 5.32 Å². The summed E-state index contributed by atoms with van der Waals surface area (Å²) in [4.78, 5) is 21.9. The van der Waals surface area contributed by atoms with Gasteiger partial charge in [0, 0.05) is 12.1 Å². The predicted octanol–water partition coefficient (Wildman–Crippen LogP) is 0.990. The van der Waals surface area contributed by atoms with E-state index in [1.807, 2.05) is 0 Å². The van der Waals surface area contributed by atoms with Gasteiger partial charge in [-0.25, -0.2) is 0 Å². The van der Waals surface area contributed by atoms with E-state index in [-0.39, 0.29) is 11.7 Å². The summed E-state index contributed by atoms with van der Waals surface area (Å²) in [6.07, 6.45) is 3.97. The third-order valence-electron chi connectivity index (χ3n) is 1.33. The molecule has 0 saturated carbocycles. The van der Waals surface area contributed by atoms with Crippen molar-refractivity contribution in [2.24, 2.45) is 0 Å². The molecule has 0 spiro atoms. The average molecular weight is 179 g/mol. The van der Waals surface area contributed by atoms with Crippen molar-refractivity contribution < 1.29 is 9.59 Å². The molecule has 0 aliphatic heterocycles. The van der Waals surface area contributed by atoms with Crippen LogP contribution in [0.4, 0.5) is 0 Å². The lowest BCUT2D eigenvalue weighted by molar-refractivity contribution is -0.117. The quantitative estimate of drug-likeness (QED) is 0.505. The lowest BCUT2D eigenvalue weighted by atomic mass is 10.2. The molecule has 0 bridgehead atoms. The number of hydrogen-bond donors (Lipinski definition) is 1. The average Bonchev–Trinajstić information content (AvgIpc) is 2.13. The number of hydrogen-bond acceptors (Lipinski definition) is 2. The van der Waals surface area contributed by atoms with Crippen LogP contribution >= 0.6 is 0 Å². The predicted molar refractivity (Wildman–Crippen MR) is 52.2 cm³/mol. The lowest BCUT2D eigenvalue weighted by Gasteiger charge is -2.00. The van der Waals surface area contributed by atoms with Crippen LogP contribution in [-0.4, -0.2) is 18.2 Å². The Morgan fingerprint density at radius 3 is 2.46 bits per heavy atom. The second kappa shape index (κ2) is 5.94. The number of rotatable bonds is 5. The van der Waals surface area contributed by atoms with E-state index in [2.05, 4.69) is 18.5 Å². The number of allylic oxidation sites excluding steroid dienone is 2. The first-order valence-electron chi connectivity index (χ1n) is 3.85. The fourth-order valence-corrected chi connectivity index (χ4v) is 0.642. The van der Waals surface area contributed by atoms with Gasteiger partial charge in [0.2, 0.25) is 5.91 Å². The van der Waals surface area contributed by atoms with Gasteiger partial charge in [-0.15, -0.1) is 6.58 Å². The van der Waals surface area contributed by atoms with E-state index in [1.165, 1.54) is 6.08 Å². The fourth-order valence-electron chi connectivity index (χ4n) is 0.642. The summed E-state index contributed by atoms with van der Waals surface area (Å²) in [6, 6.07) is 0. The minimum absolute atomic E-state index is 0.268. The Hall–Kier alpha value is -1.64. The van der Waals surface area contributed by atoms with E-state index in [4.69, 9.17) is 0 Å². The minimum Gasteiger partial charge on any atom is -0.349 e. The molecule has 0 fully saturated rings. The standard InChI is InChI=1S/C10H13NO2/c1-4-6-11-10(13)8(3)7-9(12)5-2/h4-5,7H,1-2,6H2,3H3,(H,11,13). The Morgan fingerprint density at radius 2 is 2.00 bits per heavy atom. The summed E-state index contributed by atoms with van der Waals surface area (Å²) < 4.78 is 0. The van der Waals surface area contributed by atoms with Crippen molar-refractivity contribution in [2.45, 2.75) is 6.92 Å². The van der Waals surface area contributed by atoms with Crippen molar-refractivity contribution in [3.8, 4) is 0 Å². The number of carbonyl (C=O) groups is 2. The molecular weight excluding hydrogens is 166 g/mol. The topological polar surface area (TPSA) is 46.2 Å². The first kappa shape index (κ1) is 11.4. The highest BCUT2D eigenvalue weighted by Gasteiger charge is 2.02. The maximum atomic E-state index is 11.1. The molecule has 0 unspecified atom stereocenters. The van der Waals surface area contributed by atoms with Crippen LogP contribution in [0.2, 0.25) is 0 Å². The van der Waals surface area contributed by atoms with Crippen LogP contribution in [-0.2, 0) is 9.59 Å². The lowest BCUT2D eigenvalue weighted by Crippen LogP contribution is -2.24. The summed E-state index contributed by atoms with van der Waals surface area (Å²) in [7, 11) is 0. The number of amides is 1. The zero-order chi connectivity index (χ0) is 10.3. The molecule has 3 heteroatoms. The van der Waals surface area contributed by atoms with Crippen molar-refractivity contribution >= 4 is 11.7 Å². The van der Waals surface area contributed by atoms with Crippen molar-refractivity contribution in [1.82, 2.24) is 5.32 Å². The summed E-state index contributed by atoms with van der Waals surface area (Å²) in [5.41, 5.74) is 0.367. The van der Waals surface area contributed by atoms with Gasteiger partial charge in [0.25, 0.3) is 0 Å². The summed E-state index contributed by atoms with van der Waals surface area (Å²) in [5, 5.41) is 2.55. The third-order valence-corrected chi connectivity index (χ3v) is 1.33. The van der Waals surface area contributed by atoms with Crippen LogP contribution in [0.25, 0.3) is 0 Å². The molecular formula is C10H13NO2. The van der Waals surface area contributed by atoms with Crippen LogP contribution in [0.5, 0.6) is 0 Å². The molecule has 0 rings (SSSR count). The highest BCUT2D eigenvalue weighted by molar-refractivity contribution is 6.05. The maximum Gasteiger partial charge on any atom is 0.247 e. The zero-order valence-electron chi connectivity index (χ0n) is 7.67. The highest BCUT2D eigenvalue weighted by Crippen LogP contribution is 1.93. The van der Waals surface area contributed by atoms with E-state index in [1.54, 1.807) is 13.0 Å². The van der Waals surface area contributed by atoms with Crippen molar-refractivity contribution in [2.75, 3.05) is 6.54 Å². The van der Waals surface area contributed by atoms with Gasteiger partial charge in [0.1, 0.15) is 0 Å². The first-order valence-corrected chi connectivity index (χ1v) is 3.85. The van der Waals surface area contributed by atoms with Crippen LogP contribution in [0.1, 0.15) is 6.92 Å². The molecule has 1 N–H and O–H groups in total. The van der Waals surface area contributed by atoms with E-state index in [0.29, 0.717) is 12.1 Å². The largest absolute Gasteiger partial charge is 0.349 e. The van der Waals surface area contributed by atoms with Crippen LogP contribution in [0.3, 0.4) is 0 Å². The molecule has 0 saturated heterocycles. The Balaban J connectivity index is 4.23. The van der Waals surface area contributed by atoms with Crippen molar-refractivity contribution in [1.29, 1.82) is 0 Å². The van der Waals surface area contributed by atoms with Gasteiger partial charge >= 0.3 is 0 Å². The van der Waals surface area contributed by atoms with Gasteiger partial charge in [-0.3, -0.25) is 9.59 Å². The number of carbonyl (C=O) groups excluding carboxylic acids is 2. The molecule has 13 heavy (non-hydrogen) atoms. The van der Waals surface area contributed by atoms with Gasteiger partial charge in [0.05, 0.1) is 0 Å². The second-order valence-electron chi connectivity index (χ2n) is 2.43. The van der Waals surface area contributed by atoms with Gasteiger partial charge in [0.15, 0.2) is 5.78 Å². The SMILES string of the molecule is C=CCNC(=O)C(C)=CC(=O)C=C. The molecule has 0 atom stereocenters. The molecule has 0 aromatic carbocycles. The highest BCUT2D eigenvalue weighted by atomic mass is 16.2. The molecule has 0 aliphatic carbocycles. The first-order chi connectivity index (χ1) is 6.11. The monoisotopic (exact) mass is 179 g/mol. The summed E-state index contributed by atoms with van der Waals surface area (Å²) >= 11 is 0. The van der Waals surface area contributed by atoms with Gasteiger partial charge < -0.3 is 5.32 Å². The van der Waals surface area contributed by atoms with Crippen LogP contribution in [0.15, 0.2) is 37.0 Å². The molecule has 0 aromatic rings. The Bertz CT molecular complexity index is 264. The smallest absolute Gasteiger partial charge is 0.247 e. The molecule has 3 nitrogen and oxygen atoms in total. The van der Waals surface area contributed by atoms with Gasteiger partial charge in [-0.05, 0) is 19.1 Å². The second-order valence-corrected chi connectivity index (χ2v) is 2.43. The molecule has 0 aliphatic rings. The number of nitrogens with one attached hydrogen (secondary N) is 1. The van der Waals surface area contributed by atoms with E-state index < -0.39 is 0 Å². The third kappa shape index (κ3) is 4.74. The zero-order valence-corrected chi connectivity index (χ0v) is 7.67. The minimum atomic E-state index is -0.272. The van der Waals surface area contributed by atoms with E-state index in [9.17, 15) is 9.59 Å². The maximum absolute atomic E-state index is 11.1. The summed E-state index contributed by atoms with van der Waals surface area (Å²) in [5.74, 6) is -0.540. The van der Waals surface area contributed by atoms with Gasteiger partial charge in [-0.1, -0.05) is 12.7 Å². The van der Waals surface area contributed by atoms with Gasteiger partial charge in [-0.2, -0.15) is 0 Å².